The molecule has 1 aliphatic rings. The molecule has 0 spiro atoms. The lowest BCUT2D eigenvalue weighted by Gasteiger charge is -2.11. The van der Waals surface area contributed by atoms with E-state index in [4.69, 9.17) is 0 Å². The third kappa shape index (κ3) is 3.30. The monoisotopic (exact) mass is 446 g/mol. The number of pyridine rings is 1. The minimum Gasteiger partial charge on any atom is -0.337 e. The molecule has 0 saturated carbocycles. The zero-order valence-corrected chi connectivity index (χ0v) is 19.5. The van der Waals surface area contributed by atoms with Crippen LogP contribution in [0.3, 0.4) is 0 Å². The summed E-state index contributed by atoms with van der Waals surface area (Å²) in [4.78, 5) is 16.7. The molecule has 156 valence electrons. The van der Waals surface area contributed by atoms with Gasteiger partial charge in [-0.25, -0.2) is 0 Å². The topological polar surface area (TPSA) is 29.1 Å². The molecule has 0 saturated heterocycles. The summed E-state index contributed by atoms with van der Waals surface area (Å²) in [6.45, 7) is 5.71. The Morgan fingerprint density at radius 3 is 2.55 bits per heavy atom. The summed E-state index contributed by atoms with van der Waals surface area (Å²) in [6, 6.07) is 21.0. The molecule has 4 nitrogen and oxygen atoms in total. The number of hydrogen-bond acceptors (Lipinski definition) is 4. The van der Waals surface area contributed by atoms with Gasteiger partial charge in [-0.2, -0.15) is 4.57 Å². The second-order valence-electron chi connectivity index (χ2n) is 7.46. The molecule has 31 heavy (non-hydrogen) atoms. The number of anilines is 1. The average molecular weight is 447 g/mol. The largest absolute Gasteiger partial charge is 0.337 e. The van der Waals surface area contributed by atoms with Crippen molar-refractivity contribution in [2.75, 3.05) is 11.9 Å². The number of para-hydroxylation sites is 2. The van der Waals surface area contributed by atoms with Crippen molar-refractivity contribution in [2.24, 2.45) is 0 Å². The van der Waals surface area contributed by atoms with Crippen molar-refractivity contribution < 1.29 is 4.57 Å². The number of benzene rings is 2. The van der Waals surface area contributed by atoms with E-state index < -0.39 is 0 Å². The van der Waals surface area contributed by atoms with Crippen LogP contribution < -0.4 is 24.2 Å². The average Bonchev–Trinajstić information content (AvgIpc) is 3.29. The van der Waals surface area contributed by atoms with E-state index in [0.29, 0.717) is 6.54 Å². The molecule has 4 aromatic rings. The summed E-state index contributed by atoms with van der Waals surface area (Å²) >= 11 is 3.26. The lowest BCUT2D eigenvalue weighted by Crippen LogP contribution is -2.38. The summed E-state index contributed by atoms with van der Waals surface area (Å²) in [5, 5.41) is 2.23. The van der Waals surface area contributed by atoms with Crippen LogP contribution in [0.4, 0.5) is 5.69 Å². The Morgan fingerprint density at radius 2 is 1.77 bits per heavy atom. The molecule has 5 rings (SSSR count). The first kappa shape index (κ1) is 20.1. The van der Waals surface area contributed by atoms with Crippen LogP contribution in [0.1, 0.15) is 19.5 Å². The number of aryl methyl sites for hydroxylation is 1. The maximum atomic E-state index is 13.3. The van der Waals surface area contributed by atoms with Crippen LogP contribution in [0, 0.1) is 0 Å². The normalized spacial score (nSPS) is 15.7. The number of thiazole rings is 1. The predicted molar refractivity (Wildman–Crippen MR) is 131 cm³/mol. The molecule has 0 fully saturated rings. The molecule has 2 aromatic heterocycles. The van der Waals surface area contributed by atoms with Gasteiger partial charge in [0.2, 0.25) is 11.2 Å². The van der Waals surface area contributed by atoms with Gasteiger partial charge in [-0.1, -0.05) is 36.0 Å². The van der Waals surface area contributed by atoms with Crippen LogP contribution in [0.5, 0.6) is 0 Å². The molecular weight excluding hydrogens is 422 g/mol. The number of aromatic nitrogens is 2. The second-order valence-corrected chi connectivity index (χ2v) is 9.52. The molecule has 0 N–H and O–H groups in total. The highest BCUT2D eigenvalue weighted by atomic mass is 32.2. The Balaban J connectivity index is 1.74. The van der Waals surface area contributed by atoms with Crippen molar-refractivity contribution in [1.29, 1.82) is 0 Å². The highest BCUT2D eigenvalue weighted by Crippen LogP contribution is 2.44. The van der Waals surface area contributed by atoms with Crippen LogP contribution >= 0.6 is 23.1 Å². The minimum atomic E-state index is 0.0877. The molecule has 3 heterocycles. The lowest BCUT2D eigenvalue weighted by molar-refractivity contribution is -0.669. The second kappa shape index (κ2) is 8.02. The molecule has 2 aromatic carbocycles. The zero-order chi connectivity index (χ0) is 21.5. The SMILES string of the molecule is CCn1c(=O)/c(=C2/Sc3ccccc3N2C)s/c1=C/c1ccc2ccccc2[n+]1CC. The van der Waals surface area contributed by atoms with E-state index in [9.17, 15) is 4.79 Å². The standard InChI is InChI=1S/C25H24N3OS2/c1-4-27-18(15-14-17-10-6-7-11-19(17)27)16-22-28(5-2)24(29)23(31-22)25-26(3)20-12-8-9-13-21(20)30-25/h6-16H,4-5H2,1-3H3/q+1/b25-23-. The van der Waals surface area contributed by atoms with Crippen LogP contribution in [0.25, 0.3) is 22.0 Å². The predicted octanol–water partition coefficient (Wildman–Crippen LogP) is 3.53. The van der Waals surface area contributed by atoms with Gasteiger partial charge >= 0.3 is 0 Å². The molecule has 6 heteroatoms. The Bertz CT molecular complexity index is 1480. The van der Waals surface area contributed by atoms with Crippen LogP contribution in [-0.2, 0) is 13.1 Å². The first-order valence-electron chi connectivity index (χ1n) is 10.5. The van der Waals surface area contributed by atoms with E-state index >= 15 is 0 Å². The third-order valence-corrected chi connectivity index (χ3v) is 8.21. The molecule has 0 bridgehead atoms. The number of fused-ring (bicyclic) bond motifs is 2. The molecule has 0 unspecified atom stereocenters. The van der Waals surface area contributed by atoms with Gasteiger partial charge in [0.25, 0.3) is 5.56 Å². The summed E-state index contributed by atoms with van der Waals surface area (Å²) < 4.78 is 5.98. The van der Waals surface area contributed by atoms with Crippen molar-refractivity contribution in [3.05, 3.63) is 85.9 Å². The highest BCUT2D eigenvalue weighted by Gasteiger charge is 2.24. The van der Waals surface area contributed by atoms with Crippen molar-refractivity contribution in [3.63, 3.8) is 0 Å². The van der Waals surface area contributed by atoms with Crippen molar-refractivity contribution in [3.8, 4) is 0 Å². The first-order valence-corrected chi connectivity index (χ1v) is 12.1. The van der Waals surface area contributed by atoms with Crippen molar-refractivity contribution in [2.45, 2.75) is 31.8 Å². The van der Waals surface area contributed by atoms with Crippen LogP contribution in [0.15, 0.2) is 70.4 Å². The van der Waals surface area contributed by atoms with Gasteiger partial charge in [0.1, 0.15) is 20.8 Å². The van der Waals surface area contributed by atoms with Gasteiger partial charge in [0.15, 0.2) is 0 Å². The molecule has 1 aliphatic heterocycles. The number of rotatable bonds is 3. The van der Waals surface area contributed by atoms with E-state index in [1.165, 1.54) is 15.8 Å². The fraction of sp³-hybridized carbons (Fsp3) is 0.200. The van der Waals surface area contributed by atoms with Crippen molar-refractivity contribution >= 4 is 50.8 Å². The van der Waals surface area contributed by atoms with Gasteiger partial charge < -0.3 is 4.90 Å². The summed E-state index contributed by atoms with van der Waals surface area (Å²) in [5.74, 6) is 0. The fourth-order valence-electron chi connectivity index (χ4n) is 4.15. The van der Waals surface area contributed by atoms with Crippen molar-refractivity contribution in [1.82, 2.24) is 4.57 Å². The van der Waals surface area contributed by atoms with E-state index in [2.05, 4.69) is 71.0 Å². The molecular formula is C25H24N3OS2+. The lowest BCUT2D eigenvalue weighted by atomic mass is 10.2. The summed E-state index contributed by atoms with van der Waals surface area (Å²) in [7, 11) is 2.04. The van der Waals surface area contributed by atoms with Crippen LogP contribution in [-0.4, -0.2) is 11.6 Å². The number of hydrogen-bond donors (Lipinski definition) is 0. The highest BCUT2D eigenvalue weighted by molar-refractivity contribution is 8.08. The number of nitrogens with zero attached hydrogens (tertiary/aromatic N) is 3. The Hall–Kier alpha value is -2.83. The number of thioether (sulfide) groups is 1. The van der Waals surface area contributed by atoms with Gasteiger partial charge in [0, 0.05) is 42.1 Å². The summed E-state index contributed by atoms with van der Waals surface area (Å²) in [6.07, 6.45) is 2.16. The quantitative estimate of drug-likeness (QED) is 0.451. The Kier molecular flexibility index (Phi) is 5.20. The molecule has 0 atom stereocenters. The fourth-order valence-corrected chi connectivity index (χ4v) is 6.62. The van der Waals surface area contributed by atoms with Crippen LogP contribution in [0.2, 0.25) is 0 Å². The summed E-state index contributed by atoms with van der Waals surface area (Å²) in [5.41, 5.74) is 3.56. The van der Waals surface area contributed by atoms with Gasteiger partial charge in [-0.3, -0.25) is 9.36 Å². The molecule has 0 amide bonds. The van der Waals surface area contributed by atoms with Gasteiger partial charge in [-0.15, -0.1) is 11.3 Å². The first-order chi connectivity index (χ1) is 15.1. The maximum Gasteiger partial charge on any atom is 0.271 e. The molecule has 0 radical (unpaired) electrons. The Labute approximate surface area is 189 Å². The molecule has 0 aliphatic carbocycles. The van der Waals surface area contributed by atoms with E-state index in [-0.39, 0.29) is 5.56 Å². The van der Waals surface area contributed by atoms with Gasteiger partial charge in [0.05, 0.1) is 5.69 Å². The van der Waals surface area contributed by atoms with E-state index in [1.807, 2.05) is 30.7 Å². The third-order valence-electron chi connectivity index (χ3n) is 5.72. The zero-order valence-electron chi connectivity index (χ0n) is 17.8. The Morgan fingerprint density at radius 1 is 1.00 bits per heavy atom. The maximum absolute atomic E-state index is 13.3. The smallest absolute Gasteiger partial charge is 0.271 e. The van der Waals surface area contributed by atoms with E-state index in [1.54, 1.807) is 23.1 Å². The van der Waals surface area contributed by atoms with E-state index in [0.717, 1.165) is 32.2 Å². The minimum absolute atomic E-state index is 0.0877. The van der Waals surface area contributed by atoms with Gasteiger partial charge in [-0.05, 0) is 38.1 Å².